The Balaban J connectivity index is 1.46. The number of rotatable bonds is 5. The van der Waals surface area contributed by atoms with Crippen molar-refractivity contribution >= 4 is 0 Å². The van der Waals surface area contributed by atoms with E-state index in [1.165, 1.54) is 57.8 Å². The molecule has 0 heterocycles. The molecule has 7 atom stereocenters. The predicted molar refractivity (Wildman–Crippen MR) is 118 cm³/mol. The molecule has 0 spiro atoms. The first kappa shape index (κ1) is 20.9. The first-order chi connectivity index (χ1) is 13.2. The van der Waals surface area contributed by atoms with E-state index < -0.39 is 0 Å². The normalized spacial score (nSPS) is 45.8. The van der Waals surface area contributed by atoms with E-state index in [0.717, 1.165) is 36.5 Å². The number of fused-ring (bicyclic) bond motifs is 5. The van der Waals surface area contributed by atoms with Gasteiger partial charge in [0.1, 0.15) is 0 Å². The maximum Gasteiger partial charge on any atom is 0.0577 e. The highest BCUT2D eigenvalue weighted by atomic mass is 16.3. The van der Waals surface area contributed by atoms with Crippen molar-refractivity contribution in [3.05, 3.63) is 11.6 Å². The standard InChI is InChI=1S/C26H45NO/c1-24(2,27-5)14-6-7-18-9-11-22-21-10-8-19-17-20(28)12-15-26(19,4)23(21)13-16-25(18,22)3/h8,18,20-23,27-28H,6-7,9-17H2,1-5H3/t18-,20-,21?,22?,23?,25+,26-/m0/s1. The van der Waals surface area contributed by atoms with Gasteiger partial charge in [-0.2, -0.15) is 0 Å². The SMILES string of the molecule is CNC(C)(C)CCC[C@H]1CCC2C3CC=C4C[C@@H](O)CC[C@]4(C)C3CC[C@@]21C. The highest BCUT2D eigenvalue weighted by Crippen LogP contribution is 2.66. The van der Waals surface area contributed by atoms with Crippen LogP contribution in [0.3, 0.4) is 0 Å². The number of nitrogens with one attached hydrogen (secondary N) is 1. The van der Waals surface area contributed by atoms with Gasteiger partial charge >= 0.3 is 0 Å². The minimum absolute atomic E-state index is 0.0811. The Labute approximate surface area is 173 Å². The van der Waals surface area contributed by atoms with Crippen LogP contribution in [-0.2, 0) is 0 Å². The third kappa shape index (κ3) is 3.41. The van der Waals surface area contributed by atoms with Crippen molar-refractivity contribution < 1.29 is 5.11 Å². The molecule has 4 aliphatic rings. The van der Waals surface area contributed by atoms with Crippen molar-refractivity contribution in [2.24, 2.45) is 34.5 Å². The molecule has 0 saturated heterocycles. The van der Waals surface area contributed by atoms with Crippen LogP contribution in [0.4, 0.5) is 0 Å². The van der Waals surface area contributed by atoms with Crippen LogP contribution in [-0.4, -0.2) is 23.8 Å². The molecule has 2 nitrogen and oxygen atoms in total. The van der Waals surface area contributed by atoms with E-state index in [-0.39, 0.29) is 11.6 Å². The number of hydrogen-bond donors (Lipinski definition) is 2. The first-order valence-corrected chi connectivity index (χ1v) is 12.3. The Bertz CT molecular complexity index is 610. The minimum atomic E-state index is -0.0811. The van der Waals surface area contributed by atoms with Gasteiger partial charge in [-0.1, -0.05) is 31.9 Å². The molecule has 4 rings (SSSR count). The average molecular weight is 388 g/mol. The molecule has 160 valence electrons. The summed E-state index contributed by atoms with van der Waals surface area (Å²) in [6.07, 6.45) is 16.9. The number of aliphatic hydroxyl groups excluding tert-OH is 1. The summed E-state index contributed by atoms with van der Waals surface area (Å²) < 4.78 is 0. The molecule has 3 fully saturated rings. The Morgan fingerprint density at radius 1 is 1.11 bits per heavy atom. The second-order valence-corrected chi connectivity index (χ2v) is 12.0. The number of hydrogen-bond acceptors (Lipinski definition) is 2. The molecule has 3 unspecified atom stereocenters. The van der Waals surface area contributed by atoms with Crippen LogP contribution in [0.25, 0.3) is 0 Å². The summed E-state index contributed by atoms with van der Waals surface area (Å²) in [7, 11) is 2.10. The van der Waals surface area contributed by atoms with Crippen LogP contribution in [0.5, 0.6) is 0 Å². The topological polar surface area (TPSA) is 32.3 Å². The molecule has 0 radical (unpaired) electrons. The smallest absolute Gasteiger partial charge is 0.0577 e. The highest BCUT2D eigenvalue weighted by molar-refractivity contribution is 5.25. The maximum atomic E-state index is 10.2. The van der Waals surface area contributed by atoms with Gasteiger partial charge in [0.05, 0.1) is 6.10 Å². The third-order valence-corrected chi connectivity index (χ3v) is 10.3. The lowest BCUT2D eigenvalue weighted by molar-refractivity contribution is -0.0509. The minimum Gasteiger partial charge on any atom is -0.393 e. The Morgan fingerprint density at radius 2 is 1.89 bits per heavy atom. The van der Waals surface area contributed by atoms with Gasteiger partial charge < -0.3 is 10.4 Å². The molecular formula is C26H45NO. The lowest BCUT2D eigenvalue weighted by Gasteiger charge is -2.58. The van der Waals surface area contributed by atoms with Gasteiger partial charge in [-0.05, 0) is 120 Å². The molecule has 0 aromatic rings. The summed E-state index contributed by atoms with van der Waals surface area (Å²) in [6, 6.07) is 0. The molecule has 4 aliphatic carbocycles. The van der Waals surface area contributed by atoms with E-state index in [4.69, 9.17) is 0 Å². The van der Waals surface area contributed by atoms with Gasteiger partial charge in [-0.15, -0.1) is 0 Å². The van der Waals surface area contributed by atoms with Crippen molar-refractivity contribution in [2.75, 3.05) is 7.05 Å². The molecule has 0 aromatic heterocycles. The van der Waals surface area contributed by atoms with Crippen LogP contribution in [0.1, 0.15) is 98.3 Å². The van der Waals surface area contributed by atoms with E-state index in [0.29, 0.717) is 10.8 Å². The van der Waals surface area contributed by atoms with Gasteiger partial charge in [0.15, 0.2) is 0 Å². The molecular weight excluding hydrogens is 342 g/mol. The molecule has 0 amide bonds. The van der Waals surface area contributed by atoms with Gasteiger partial charge in [0.2, 0.25) is 0 Å². The van der Waals surface area contributed by atoms with E-state index in [1.54, 1.807) is 5.57 Å². The Morgan fingerprint density at radius 3 is 2.64 bits per heavy atom. The summed E-state index contributed by atoms with van der Waals surface area (Å²) in [5.41, 5.74) is 2.86. The monoisotopic (exact) mass is 387 g/mol. The number of aliphatic hydroxyl groups is 1. The fourth-order valence-electron chi connectivity index (χ4n) is 8.14. The zero-order valence-corrected chi connectivity index (χ0v) is 19.2. The van der Waals surface area contributed by atoms with E-state index in [9.17, 15) is 5.11 Å². The van der Waals surface area contributed by atoms with Crippen LogP contribution in [0, 0.1) is 34.5 Å². The summed E-state index contributed by atoms with van der Waals surface area (Å²) in [5.74, 6) is 3.66. The van der Waals surface area contributed by atoms with E-state index in [1.807, 2.05) is 0 Å². The average Bonchev–Trinajstić information content (AvgIpc) is 2.99. The van der Waals surface area contributed by atoms with Crippen LogP contribution in [0.15, 0.2) is 11.6 Å². The van der Waals surface area contributed by atoms with Gasteiger partial charge in [0, 0.05) is 5.54 Å². The van der Waals surface area contributed by atoms with Crippen molar-refractivity contribution in [3.8, 4) is 0 Å². The zero-order chi connectivity index (χ0) is 20.2. The summed E-state index contributed by atoms with van der Waals surface area (Å²) >= 11 is 0. The molecule has 28 heavy (non-hydrogen) atoms. The molecule has 0 bridgehead atoms. The van der Waals surface area contributed by atoms with Crippen LogP contribution in [0.2, 0.25) is 0 Å². The summed E-state index contributed by atoms with van der Waals surface area (Å²) in [5, 5.41) is 13.7. The van der Waals surface area contributed by atoms with E-state index >= 15 is 0 Å². The Hall–Kier alpha value is -0.340. The third-order valence-electron chi connectivity index (χ3n) is 10.3. The van der Waals surface area contributed by atoms with Gasteiger partial charge in [-0.3, -0.25) is 0 Å². The van der Waals surface area contributed by atoms with Gasteiger partial charge in [0.25, 0.3) is 0 Å². The molecule has 2 N–H and O–H groups in total. The van der Waals surface area contributed by atoms with Crippen molar-refractivity contribution in [3.63, 3.8) is 0 Å². The maximum absolute atomic E-state index is 10.2. The zero-order valence-electron chi connectivity index (χ0n) is 19.2. The lowest BCUT2D eigenvalue weighted by Crippen LogP contribution is -2.50. The van der Waals surface area contributed by atoms with Crippen molar-refractivity contribution in [1.82, 2.24) is 5.32 Å². The van der Waals surface area contributed by atoms with Gasteiger partial charge in [-0.25, -0.2) is 0 Å². The predicted octanol–water partition coefficient (Wildman–Crippen LogP) is 6.09. The fourth-order valence-corrected chi connectivity index (χ4v) is 8.14. The second-order valence-electron chi connectivity index (χ2n) is 12.0. The van der Waals surface area contributed by atoms with Crippen LogP contribution < -0.4 is 5.32 Å². The van der Waals surface area contributed by atoms with Crippen molar-refractivity contribution in [1.29, 1.82) is 0 Å². The fraction of sp³-hybridized carbons (Fsp3) is 0.923. The molecule has 0 aliphatic heterocycles. The highest BCUT2D eigenvalue weighted by Gasteiger charge is 2.58. The van der Waals surface area contributed by atoms with E-state index in [2.05, 4.69) is 46.1 Å². The quantitative estimate of drug-likeness (QED) is 0.559. The van der Waals surface area contributed by atoms with Crippen LogP contribution >= 0.6 is 0 Å². The lowest BCUT2D eigenvalue weighted by atomic mass is 9.47. The molecule has 2 heteroatoms. The largest absolute Gasteiger partial charge is 0.393 e. The molecule has 0 aromatic carbocycles. The summed E-state index contributed by atoms with van der Waals surface area (Å²) in [4.78, 5) is 0. The number of allylic oxidation sites excluding steroid dienone is 1. The first-order valence-electron chi connectivity index (χ1n) is 12.3. The van der Waals surface area contributed by atoms with Crippen molar-refractivity contribution in [2.45, 2.75) is 110 Å². The molecule has 3 saturated carbocycles. The Kier molecular flexibility index (Phi) is 5.54. The summed E-state index contributed by atoms with van der Waals surface area (Å²) in [6.45, 7) is 9.90. The second kappa shape index (κ2) is 7.41.